The lowest BCUT2D eigenvalue weighted by Gasteiger charge is -2.32. The van der Waals surface area contributed by atoms with Crippen LogP contribution in [-0.2, 0) is 4.79 Å². The molecule has 7 nitrogen and oxygen atoms in total. The summed E-state index contributed by atoms with van der Waals surface area (Å²) in [5, 5.41) is 14.9. The molecule has 0 saturated carbocycles. The number of carbonyl (C=O) groups excluding carboxylic acids is 2. The zero-order valence-corrected chi connectivity index (χ0v) is 15.5. The van der Waals surface area contributed by atoms with Gasteiger partial charge in [0, 0.05) is 19.6 Å². The lowest BCUT2D eigenvalue weighted by Crippen LogP contribution is -2.48. The fraction of sp³-hybridized carbons (Fsp3) is 0.526. The number of nitrogens with zero attached hydrogens (tertiary/aromatic N) is 1. The molecule has 1 saturated heterocycles. The number of hydrogen-bond donors (Lipinski definition) is 3. The standard InChI is InChI=1S/C19H27N3O4/c1-12(2)10-20-19(26)22-8-4-5-14(11-22)17(23)21-16-7-6-13(3)9-15(16)18(24)25/h6-7,9,12,14H,4-5,8,10-11H2,1-3H3,(H,20,26)(H,21,23)(H,24,25). The maximum Gasteiger partial charge on any atom is 0.337 e. The molecule has 7 heteroatoms. The Kier molecular flexibility index (Phi) is 6.60. The molecule has 0 aromatic heterocycles. The van der Waals surface area contributed by atoms with Crippen LogP contribution in [0.3, 0.4) is 0 Å². The number of aryl methyl sites for hydroxylation is 1. The molecule has 3 N–H and O–H groups in total. The number of carboxylic acids is 1. The molecular weight excluding hydrogens is 334 g/mol. The van der Waals surface area contributed by atoms with E-state index in [0.717, 1.165) is 12.0 Å². The molecule has 1 unspecified atom stereocenters. The highest BCUT2D eigenvalue weighted by molar-refractivity contribution is 6.01. The number of carboxylic acid groups (broad SMARTS) is 1. The molecule has 1 aromatic carbocycles. The number of benzene rings is 1. The summed E-state index contributed by atoms with van der Waals surface area (Å²) >= 11 is 0. The predicted molar refractivity (Wildman–Crippen MR) is 99.3 cm³/mol. The largest absolute Gasteiger partial charge is 0.478 e. The van der Waals surface area contributed by atoms with Gasteiger partial charge in [0.2, 0.25) is 5.91 Å². The van der Waals surface area contributed by atoms with Gasteiger partial charge in [0.05, 0.1) is 17.2 Å². The van der Waals surface area contributed by atoms with E-state index in [0.29, 0.717) is 32.0 Å². The van der Waals surface area contributed by atoms with Crippen molar-refractivity contribution in [3.05, 3.63) is 29.3 Å². The number of nitrogens with one attached hydrogen (secondary N) is 2. The van der Waals surface area contributed by atoms with Crippen LogP contribution in [-0.4, -0.2) is 47.5 Å². The minimum Gasteiger partial charge on any atom is -0.478 e. The Bertz CT molecular complexity index is 687. The van der Waals surface area contributed by atoms with E-state index in [-0.39, 0.29) is 29.1 Å². The first-order valence-electron chi connectivity index (χ1n) is 8.95. The minimum absolute atomic E-state index is 0.0701. The van der Waals surface area contributed by atoms with Gasteiger partial charge in [0.15, 0.2) is 0 Å². The Morgan fingerprint density at radius 2 is 2.04 bits per heavy atom. The van der Waals surface area contributed by atoms with E-state index in [2.05, 4.69) is 10.6 Å². The number of carbonyl (C=O) groups is 3. The number of amides is 3. The number of anilines is 1. The molecular formula is C19H27N3O4. The first-order valence-corrected chi connectivity index (χ1v) is 8.95. The lowest BCUT2D eigenvalue weighted by molar-refractivity contribution is -0.121. The molecule has 26 heavy (non-hydrogen) atoms. The summed E-state index contributed by atoms with van der Waals surface area (Å²) < 4.78 is 0. The van der Waals surface area contributed by atoms with Crippen LogP contribution in [0.15, 0.2) is 18.2 Å². The maximum atomic E-state index is 12.6. The fourth-order valence-electron chi connectivity index (χ4n) is 2.96. The zero-order valence-electron chi connectivity index (χ0n) is 15.5. The summed E-state index contributed by atoms with van der Waals surface area (Å²) in [5.74, 6) is -1.32. The average Bonchev–Trinajstić information content (AvgIpc) is 2.61. The summed E-state index contributed by atoms with van der Waals surface area (Å²) in [6.45, 7) is 7.40. The van der Waals surface area contributed by atoms with Crippen molar-refractivity contribution in [1.82, 2.24) is 10.2 Å². The monoisotopic (exact) mass is 361 g/mol. The van der Waals surface area contributed by atoms with E-state index < -0.39 is 5.97 Å². The molecule has 0 aliphatic carbocycles. The fourth-order valence-corrected chi connectivity index (χ4v) is 2.96. The van der Waals surface area contributed by atoms with Gasteiger partial charge in [0.1, 0.15) is 0 Å². The molecule has 3 amide bonds. The van der Waals surface area contributed by atoms with Crippen LogP contribution < -0.4 is 10.6 Å². The Labute approximate surface area is 153 Å². The summed E-state index contributed by atoms with van der Waals surface area (Å²) in [5.41, 5.74) is 1.17. The summed E-state index contributed by atoms with van der Waals surface area (Å²) in [6, 6.07) is 4.74. The van der Waals surface area contributed by atoms with Gasteiger partial charge in [-0.25, -0.2) is 9.59 Å². The normalized spacial score (nSPS) is 17.1. The molecule has 0 spiro atoms. The molecule has 2 rings (SSSR count). The van der Waals surface area contributed by atoms with E-state index in [1.165, 1.54) is 6.07 Å². The van der Waals surface area contributed by atoms with Gasteiger partial charge in [-0.2, -0.15) is 0 Å². The third kappa shape index (κ3) is 5.21. The Hall–Kier alpha value is -2.57. The smallest absolute Gasteiger partial charge is 0.337 e. The van der Waals surface area contributed by atoms with Crippen LogP contribution in [0.1, 0.15) is 42.6 Å². The SMILES string of the molecule is Cc1ccc(NC(=O)C2CCCN(C(=O)NCC(C)C)C2)c(C(=O)O)c1. The van der Waals surface area contributed by atoms with E-state index >= 15 is 0 Å². The van der Waals surface area contributed by atoms with Crippen molar-refractivity contribution in [3.63, 3.8) is 0 Å². The maximum absolute atomic E-state index is 12.6. The molecule has 1 aromatic rings. The second-order valence-electron chi connectivity index (χ2n) is 7.21. The predicted octanol–water partition coefficient (Wildman–Crippen LogP) is 2.71. The van der Waals surface area contributed by atoms with Gasteiger partial charge in [-0.1, -0.05) is 25.5 Å². The highest BCUT2D eigenvalue weighted by atomic mass is 16.4. The van der Waals surface area contributed by atoms with Crippen molar-refractivity contribution in [2.45, 2.75) is 33.6 Å². The zero-order chi connectivity index (χ0) is 19.3. The van der Waals surface area contributed by atoms with Gasteiger partial charge >= 0.3 is 12.0 Å². The number of aromatic carboxylic acids is 1. The van der Waals surface area contributed by atoms with Crippen LogP contribution in [0, 0.1) is 18.8 Å². The van der Waals surface area contributed by atoms with Crippen molar-refractivity contribution < 1.29 is 19.5 Å². The van der Waals surface area contributed by atoms with Crippen LogP contribution in [0.25, 0.3) is 0 Å². The summed E-state index contributed by atoms with van der Waals surface area (Å²) in [6.07, 6.45) is 1.42. The lowest BCUT2D eigenvalue weighted by atomic mass is 9.97. The Morgan fingerprint density at radius 1 is 1.31 bits per heavy atom. The Morgan fingerprint density at radius 3 is 2.69 bits per heavy atom. The first kappa shape index (κ1) is 19.8. The third-order valence-electron chi connectivity index (χ3n) is 4.40. The topological polar surface area (TPSA) is 98.7 Å². The van der Waals surface area contributed by atoms with Crippen molar-refractivity contribution in [2.75, 3.05) is 25.0 Å². The van der Waals surface area contributed by atoms with Crippen molar-refractivity contribution in [1.29, 1.82) is 0 Å². The average molecular weight is 361 g/mol. The third-order valence-corrected chi connectivity index (χ3v) is 4.40. The second kappa shape index (κ2) is 8.69. The molecule has 0 bridgehead atoms. The van der Waals surface area contributed by atoms with E-state index in [9.17, 15) is 19.5 Å². The molecule has 0 radical (unpaired) electrons. The summed E-state index contributed by atoms with van der Waals surface area (Å²) in [4.78, 5) is 37.9. The molecule has 1 fully saturated rings. The van der Waals surface area contributed by atoms with Crippen LogP contribution in [0.5, 0.6) is 0 Å². The highest BCUT2D eigenvalue weighted by Crippen LogP contribution is 2.22. The molecule has 1 aliphatic heterocycles. The van der Waals surface area contributed by atoms with E-state index in [4.69, 9.17) is 0 Å². The van der Waals surface area contributed by atoms with Crippen molar-refractivity contribution in [2.24, 2.45) is 11.8 Å². The number of hydrogen-bond acceptors (Lipinski definition) is 3. The van der Waals surface area contributed by atoms with Crippen LogP contribution in [0.4, 0.5) is 10.5 Å². The van der Waals surface area contributed by atoms with Gasteiger partial charge in [-0.15, -0.1) is 0 Å². The quantitative estimate of drug-likeness (QED) is 0.751. The first-order chi connectivity index (χ1) is 12.3. The Balaban J connectivity index is 2.01. The van der Waals surface area contributed by atoms with Crippen LogP contribution in [0.2, 0.25) is 0 Å². The number of piperidine rings is 1. The number of rotatable bonds is 5. The number of likely N-dealkylation sites (tertiary alicyclic amines) is 1. The van der Waals surface area contributed by atoms with E-state index in [1.54, 1.807) is 24.0 Å². The van der Waals surface area contributed by atoms with Gasteiger partial charge < -0.3 is 20.6 Å². The highest BCUT2D eigenvalue weighted by Gasteiger charge is 2.29. The van der Waals surface area contributed by atoms with Crippen molar-refractivity contribution in [3.8, 4) is 0 Å². The van der Waals surface area contributed by atoms with E-state index in [1.807, 2.05) is 13.8 Å². The second-order valence-corrected chi connectivity index (χ2v) is 7.21. The minimum atomic E-state index is -1.08. The number of urea groups is 1. The van der Waals surface area contributed by atoms with Gasteiger partial charge in [-0.3, -0.25) is 4.79 Å². The van der Waals surface area contributed by atoms with Crippen LogP contribution >= 0.6 is 0 Å². The molecule has 1 atom stereocenters. The molecule has 1 heterocycles. The van der Waals surface area contributed by atoms with Gasteiger partial charge in [-0.05, 0) is 37.8 Å². The molecule has 142 valence electrons. The van der Waals surface area contributed by atoms with Crippen molar-refractivity contribution >= 4 is 23.6 Å². The molecule has 1 aliphatic rings. The summed E-state index contributed by atoms with van der Waals surface area (Å²) in [7, 11) is 0. The van der Waals surface area contributed by atoms with Gasteiger partial charge in [0.25, 0.3) is 0 Å².